The SMILES string of the molecule is CCCCCC1CCC(C(C)c2cccc(F)c2F)CC1. The third-order valence-corrected chi connectivity index (χ3v) is 5.29. The van der Waals surface area contributed by atoms with Gasteiger partial charge < -0.3 is 0 Å². The van der Waals surface area contributed by atoms with Crippen molar-refractivity contribution in [2.45, 2.75) is 71.1 Å². The molecule has 0 radical (unpaired) electrons. The van der Waals surface area contributed by atoms with Crippen molar-refractivity contribution < 1.29 is 8.78 Å². The molecule has 1 atom stereocenters. The van der Waals surface area contributed by atoms with E-state index in [-0.39, 0.29) is 5.92 Å². The summed E-state index contributed by atoms with van der Waals surface area (Å²) in [5, 5.41) is 0. The van der Waals surface area contributed by atoms with Gasteiger partial charge in [0.25, 0.3) is 0 Å². The third-order valence-electron chi connectivity index (χ3n) is 5.29. The number of rotatable bonds is 6. The lowest BCUT2D eigenvalue weighted by atomic mass is 9.73. The Balaban J connectivity index is 1.88. The molecule has 0 saturated heterocycles. The molecule has 1 unspecified atom stereocenters. The fourth-order valence-electron chi connectivity index (χ4n) is 3.79. The molecular weight excluding hydrogens is 266 g/mol. The first kappa shape index (κ1) is 16.5. The van der Waals surface area contributed by atoms with Crippen LogP contribution >= 0.6 is 0 Å². The molecule has 1 aromatic carbocycles. The van der Waals surface area contributed by atoms with Gasteiger partial charge in [-0.3, -0.25) is 0 Å². The first-order valence-electron chi connectivity index (χ1n) is 8.57. The Labute approximate surface area is 128 Å². The minimum absolute atomic E-state index is 0.122. The molecule has 0 spiro atoms. The molecule has 0 nitrogen and oxygen atoms in total. The summed E-state index contributed by atoms with van der Waals surface area (Å²) in [5.41, 5.74) is 0.560. The van der Waals surface area contributed by atoms with Crippen molar-refractivity contribution in [1.29, 1.82) is 0 Å². The molecule has 1 aromatic rings. The van der Waals surface area contributed by atoms with Crippen molar-refractivity contribution in [1.82, 2.24) is 0 Å². The van der Waals surface area contributed by atoms with E-state index in [1.807, 2.05) is 0 Å². The molecule has 1 fully saturated rings. The monoisotopic (exact) mass is 294 g/mol. The lowest BCUT2D eigenvalue weighted by molar-refractivity contribution is 0.233. The molecule has 0 amide bonds. The van der Waals surface area contributed by atoms with E-state index in [9.17, 15) is 8.78 Å². The molecule has 2 heteroatoms. The second kappa shape index (κ2) is 7.91. The van der Waals surface area contributed by atoms with Crippen LogP contribution in [0, 0.1) is 23.5 Å². The largest absolute Gasteiger partial charge is 0.204 e. The van der Waals surface area contributed by atoms with Crippen LogP contribution < -0.4 is 0 Å². The van der Waals surface area contributed by atoms with Gasteiger partial charge in [-0.2, -0.15) is 0 Å². The van der Waals surface area contributed by atoms with E-state index in [1.165, 1.54) is 44.6 Å². The van der Waals surface area contributed by atoms with Gasteiger partial charge in [-0.25, -0.2) is 8.78 Å². The summed E-state index contributed by atoms with van der Waals surface area (Å²) >= 11 is 0. The molecule has 2 rings (SSSR count). The molecule has 1 aliphatic rings. The highest BCUT2D eigenvalue weighted by molar-refractivity contribution is 5.23. The van der Waals surface area contributed by atoms with Crippen LogP contribution in [0.15, 0.2) is 18.2 Å². The van der Waals surface area contributed by atoms with E-state index in [1.54, 1.807) is 12.1 Å². The third kappa shape index (κ3) is 4.28. The normalized spacial score (nSPS) is 24.0. The highest BCUT2D eigenvalue weighted by atomic mass is 19.2. The smallest absolute Gasteiger partial charge is 0.162 e. The predicted molar refractivity (Wildman–Crippen MR) is 84.4 cm³/mol. The summed E-state index contributed by atoms with van der Waals surface area (Å²) in [6, 6.07) is 4.58. The minimum Gasteiger partial charge on any atom is -0.204 e. The van der Waals surface area contributed by atoms with Crippen LogP contribution in [0.3, 0.4) is 0 Å². The zero-order chi connectivity index (χ0) is 15.2. The quantitative estimate of drug-likeness (QED) is 0.528. The Kier molecular flexibility index (Phi) is 6.20. The molecule has 0 aromatic heterocycles. The van der Waals surface area contributed by atoms with E-state index in [4.69, 9.17) is 0 Å². The van der Waals surface area contributed by atoms with Gasteiger partial charge in [-0.15, -0.1) is 0 Å². The molecule has 118 valence electrons. The number of halogens is 2. The first-order valence-corrected chi connectivity index (χ1v) is 8.57. The van der Waals surface area contributed by atoms with E-state index in [2.05, 4.69) is 13.8 Å². The molecule has 1 saturated carbocycles. The average molecular weight is 294 g/mol. The number of hydrogen-bond acceptors (Lipinski definition) is 0. The maximum Gasteiger partial charge on any atom is 0.162 e. The van der Waals surface area contributed by atoms with Gasteiger partial charge >= 0.3 is 0 Å². The summed E-state index contributed by atoms with van der Waals surface area (Å²) in [6.07, 6.45) is 10.2. The van der Waals surface area contributed by atoms with Gasteiger partial charge in [0, 0.05) is 0 Å². The summed E-state index contributed by atoms with van der Waals surface area (Å²) in [5.74, 6) is 0.126. The van der Waals surface area contributed by atoms with Crippen molar-refractivity contribution >= 4 is 0 Å². The summed E-state index contributed by atoms with van der Waals surface area (Å²) < 4.78 is 27.3. The van der Waals surface area contributed by atoms with E-state index in [0.717, 1.165) is 18.8 Å². The molecule has 0 N–H and O–H groups in total. The van der Waals surface area contributed by atoms with Crippen LogP contribution in [-0.2, 0) is 0 Å². The lowest BCUT2D eigenvalue weighted by Crippen LogP contribution is -2.20. The van der Waals surface area contributed by atoms with Gasteiger partial charge in [0.2, 0.25) is 0 Å². The number of hydrogen-bond donors (Lipinski definition) is 0. The van der Waals surface area contributed by atoms with Crippen LogP contribution in [0.2, 0.25) is 0 Å². The molecule has 21 heavy (non-hydrogen) atoms. The maximum atomic E-state index is 13.9. The Morgan fingerprint density at radius 3 is 2.48 bits per heavy atom. The summed E-state index contributed by atoms with van der Waals surface area (Å²) in [7, 11) is 0. The van der Waals surface area contributed by atoms with Gasteiger partial charge in [0.1, 0.15) is 0 Å². The first-order chi connectivity index (χ1) is 10.1. The lowest BCUT2D eigenvalue weighted by Gasteiger charge is -2.32. The standard InChI is InChI=1S/C19H28F2/c1-3-4-5-7-15-10-12-16(13-11-15)14(2)17-8-6-9-18(20)19(17)21/h6,8-9,14-16H,3-5,7,10-13H2,1-2H3. The van der Waals surface area contributed by atoms with Crippen LogP contribution in [0.5, 0.6) is 0 Å². The molecule has 1 aliphatic carbocycles. The van der Waals surface area contributed by atoms with Crippen LogP contribution in [0.4, 0.5) is 8.78 Å². The Morgan fingerprint density at radius 2 is 1.81 bits per heavy atom. The van der Waals surface area contributed by atoms with E-state index < -0.39 is 11.6 Å². The van der Waals surface area contributed by atoms with Crippen molar-refractivity contribution in [3.05, 3.63) is 35.4 Å². The molecule has 0 aliphatic heterocycles. The Morgan fingerprint density at radius 1 is 1.10 bits per heavy atom. The highest BCUT2D eigenvalue weighted by Crippen LogP contribution is 2.40. The number of benzene rings is 1. The van der Waals surface area contributed by atoms with Crippen LogP contribution in [0.25, 0.3) is 0 Å². The van der Waals surface area contributed by atoms with Gasteiger partial charge in [0.05, 0.1) is 0 Å². The number of unbranched alkanes of at least 4 members (excludes halogenated alkanes) is 2. The van der Waals surface area contributed by atoms with Crippen molar-refractivity contribution in [3.8, 4) is 0 Å². The maximum absolute atomic E-state index is 13.9. The molecule has 0 heterocycles. The van der Waals surface area contributed by atoms with Gasteiger partial charge in [-0.05, 0) is 42.2 Å². The fraction of sp³-hybridized carbons (Fsp3) is 0.684. The second-order valence-corrected chi connectivity index (χ2v) is 6.71. The van der Waals surface area contributed by atoms with E-state index >= 15 is 0 Å². The topological polar surface area (TPSA) is 0 Å². The average Bonchev–Trinajstić information content (AvgIpc) is 2.50. The van der Waals surface area contributed by atoms with Gasteiger partial charge in [-0.1, -0.05) is 64.5 Å². The van der Waals surface area contributed by atoms with Crippen molar-refractivity contribution in [3.63, 3.8) is 0 Å². The molecular formula is C19H28F2. The summed E-state index contributed by atoms with van der Waals surface area (Å²) in [6.45, 7) is 4.30. The second-order valence-electron chi connectivity index (χ2n) is 6.71. The molecule has 0 bridgehead atoms. The highest BCUT2D eigenvalue weighted by Gasteiger charge is 2.27. The fourth-order valence-corrected chi connectivity index (χ4v) is 3.79. The Bertz CT molecular complexity index is 433. The van der Waals surface area contributed by atoms with Crippen molar-refractivity contribution in [2.24, 2.45) is 11.8 Å². The summed E-state index contributed by atoms with van der Waals surface area (Å²) in [4.78, 5) is 0. The van der Waals surface area contributed by atoms with E-state index in [0.29, 0.717) is 11.5 Å². The van der Waals surface area contributed by atoms with Gasteiger partial charge in [0.15, 0.2) is 11.6 Å². The minimum atomic E-state index is -0.715. The Hall–Kier alpha value is -0.920. The van der Waals surface area contributed by atoms with Crippen molar-refractivity contribution in [2.75, 3.05) is 0 Å². The zero-order valence-corrected chi connectivity index (χ0v) is 13.4. The van der Waals surface area contributed by atoms with Crippen LogP contribution in [-0.4, -0.2) is 0 Å². The predicted octanol–water partition coefficient (Wildman–Crippen LogP) is 6.46. The zero-order valence-electron chi connectivity index (χ0n) is 13.4. The van der Waals surface area contributed by atoms with Crippen LogP contribution in [0.1, 0.15) is 76.7 Å².